The first-order valence-corrected chi connectivity index (χ1v) is 5.99. The molecule has 0 saturated carbocycles. The topological polar surface area (TPSA) is 38.0 Å². The van der Waals surface area contributed by atoms with Gasteiger partial charge in [0.05, 0.1) is 11.4 Å². The average Bonchev–Trinajstić information content (AvgIpc) is 2.34. The van der Waals surface area contributed by atoms with Gasteiger partial charge in [-0.2, -0.15) is 0 Å². The minimum Gasteiger partial charge on any atom is -0.397 e. The second-order valence-corrected chi connectivity index (χ2v) is 4.60. The van der Waals surface area contributed by atoms with Crippen LogP contribution < -0.4 is 11.1 Å². The van der Waals surface area contributed by atoms with Gasteiger partial charge in [-0.25, -0.2) is 4.39 Å². The molecule has 0 bridgehead atoms. The van der Waals surface area contributed by atoms with Crippen LogP contribution in [-0.2, 0) is 0 Å². The fraction of sp³-hybridized carbons (Fsp3) is 0.200. The van der Waals surface area contributed by atoms with Crippen LogP contribution in [0.3, 0.4) is 0 Å². The van der Waals surface area contributed by atoms with Crippen LogP contribution in [0.4, 0.5) is 21.5 Å². The summed E-state index contributed by atoms with van der Waals surface area (Å²) in [5, 5.41) is 3.20. The largest absolute Gasteiger partial charge is 0.397 e. The molecule has 2 rings (SSSR count). The molecule has 0 aromatic heterocycles. The number of anilines is 3. The maximum absolute atomic E-state index is 13.2. The Bertz CT molecular complexity index is 550. The second kappa shape index (κ2) is 5.08. The number of para-hydroxylation sites is 1. The molecule has 3 N–H and O–H groups in total. The van der Waals surface area contributed by atoms with Crippen LogP contribution in [0.5, 0.6) is 0 Å². The van der Waals surface area contributed by atoms with E-state index >= 15 is 0 Å². The van der Waals surface area contributed by atoms with Crippen molar-refractivity contribution in [3.63, 3.8) is 0 Å². The van der Waals surface area contributed by atoms with Gasteiger partial charge in [-0.15, -0.1) is 0 Å². The molecule has 0 saturated heterocycles. The van der Waals surface area contributed by atoms with Crippen LogP contribution >= 0.6 is 0 Å². The van der Waals surface area contributed by atoms with Crippen molar-refractivity contribution in [3.8, 4) is 0 Å². The Labute approximate surface area is 107 Å². The Balaban J connectivity index is 2.37. The van der Waals surface area contributed by atoms with Gasteiger partial charge >= 0.3 is 0 Å². The zero-order valence-corrected chi connectivity index (χ0v) is 10.6. The lowest BCUT2D eigenvalue weighted by molar-refractivity contribution is 0.628. The Morgan fingerprint density at radius 3 is 2.50 bits per heavy atom. The maximum Gasteiger partial charge on any atom is 0.125 e. The number of nitrogens with two attached hydrogens (primary N) is 1. The van der Waals surface area contributed by atoms with Gasteiger partial charge in [0.25, 0.3) is 0 Å². The molecule has 0 aliphatic rings. The molecule has 0 fully saturated rings. The summed E-state index contributed by atoms with van der Waals surface area (Å²) in [5.74, 6) is 0.0946. The highest BCUT2D eigenvalue weighted by molar-refractivity contribution is 5.74. The summed E-state index contributed by atoms with van der Waals surface area (Å²) in [6.45, 7) is 4.24. The monoisotopic (exact) mass is 244 g/mol. The number of nitrogens with one attached hydrogen (secondary N) is 1. The van der Waals surface area contributed by atoms with Crippen LogP contribution in [-0.4, -0.2) is 0 Å². The summed E-state index contributed by atoms with van der Waals surface area (Å²) in [6.07, 6.45) is 0. The third-order valence-corrected chi connectivity index (χ3v) is 2.87. The van der Waals surface area contributed by atoms with Gasteiger partial charge in [-0.3, -0.25) is 0 Å². The zero-order chi connectivity index (χ0) is 13.1. The van der Waals surface area contributed by atoms with E-state index in [9.17, 15) is 4.39 Å². The van der Waals surface area contributed by atoms with Crippen molar-refractivity contribution in [2.75, 3.05) is 11.1 Å². The van der Waals surface area contributed by atoms with E-state index in [1.54, 1.807) is 6.07 Å². The summed E-state index contributed by atoms with van der Waals surface area (Å²) in [5.41, 5.74) is 9.12. The molecule has 0 radical (unpaired) electrons. The van der Waals surface area contributed by atoms with Gasteiger partial charge in [0.1, 0.15) is 5.82 Å². The highest BCUT2D eigenvalue weighted by Gasteiger charge is 2.07. The van der Waals surface area contributed by atoms with E-state index in [0.29, 0.717) is 17.3 Å². The quantitative estimate of drug-likeness (QED) is 0.791. The van der Waals surface area contributed by atoms with Gasteiger partial charge in [-0.05, 0) is 35.7 Å². The van der Waals surface area contributed by atoms with E-state index in [2.05, 4.69) is 25.2 Å². The summed E-state index contributed by atoms with van der Waals surface area (Å²) in [6, 6.07) is 12.3. The first kappa shape index (κ1) is 12.4. The lowest BCUT2D eigenvalue weighted by Gasteiger charge is -2.15. The molecule has 0 aliphatic heterocycles. The lowest BCUT2D eigenvalue weighted by atomic mass is 10.0. The van der Waals surface area contributed by atoms with Crippen molar-refractivity contribution in [1.82, 2.24) is 0 Å². The van der Waals surface area contributed by atoms with Crippen molar-refractivity contribution >= 4 is 17.1 Å². The van der Waals surface area contributed by atoms with Gasteiger partial charge in [-0.1, -0.05) is 32.0 Å². The van der Waals surface area contributed by atoms with E-state index < -0.39 is 0 Å². The van der Waals surface area contributed by atoms with Crippen molar-refractivity contribution in [3.05, 3.63) is 53.8 Å². The number of hydrogen-bond donors (Lipinski definition) is 2. The van der Waals surface area contributed by atoms with Crippen LogP contribution in [0, 0.1) is 5.82 Å². The molecule has 2 aromatic rings. The molecule has 0 amide bonds. The SMILES string of the molecule is CC(C)c1ccccc1Nc1cc(F)ccc1N. The molecule has 2 nitrogen and oxygen atoms in total. The third-order valence-electron chi connectivity index (χ3n) is 2.87. The van der Waals surface area contributed by atoms with Crippen LogP contribution in [0.25, 0.3) is 0 Å². The number of nitrogen functional groups attached to an aromatic ring is 1. The van der Waals surface area contributed by atoms with Crippen LogP contribution in [0.2, 0.25) is 0 Å². The first-order chi connectivity index (χ1) is 8.58. The highest BCUT2D eigenvalue weighted by Crippen LogP contribution is 2.29. The van der Waals surface area contributed by atoms with E-state index in [4.69, 9.17) is 5.73 Å². The van der Waals surface area contributed by atoms with Crippen molar-refractivity contribution < 1.29 is 4.39 Å². The molecule has 18 heavy (non-hydrogen) atoms. The average molecular weight is 244 g/mol. The summed E-state index contributed by atoms with van der Waals surface area (Å²) in [7, 11) is 0. The molecule has 0 unspecified atom stereocenters. The Hall–Kier alpha value is -2.03. The van der Waals surface area contributed by atoms with Crippen LogP contribution in [0.1, 0.15) is 25.3 Å². The second-order valence-electron chi connectivity index (χ2n) is 4.60. The third kappa shape index (κ3) is 2.62. The minimum absolute atomic E-state index is 0.297. The number of benzene rings is 2. The van der Waals surface area contributed by atoms with Crippen molar-refractivity contribution in [1.29, 1.82) is 0 Å². The zero-order valence-electron chi connectivity index (χ0n) is 10.6. The van der Waals surface area contributed by atoms with E-state index in [1.165, 1.54) is 17.7 Å². The number of halogens is 1. The van der Waals surface area contributed by atoms with Crippen LogP contribution in [0.15, 0.2) is 42.5 Å². The van der Waals surface area contributed by atoms with E-state index in [1.807, 2.05) is 18.2 Å². The smallest absolute Gasteiger partial charge is 0.125 e. The molecule has 0 heterocycles. The first-order valence-electron chi connectivity index (χ1n) is 5.99. The predicted octanol–water partition coefficient (Wildman–Crippen LogP) is 4.27. The predicted molar refractivity (Wildman–Crippen MR) is 74.6 cm³/mol. The van der Waals surface area contributed by atoms with Gasteiger partial charge in [0.15, 0.2) is 0 Å². The fourth-order valence-corrected chi connectivity index (χ4v) is 1.90. The van der Waals surface area contributed by atoms with Crippen molar-refractivity contribution in [2.24, 2.45) is 0 Å². The van der Waals surface area contributed by atoms with E-state index in [-0.39, 0.29) is 5.82 Å². The fourth-order valence-electron chi connectivity index (χ4n) is 1.90. The van der Waals surface area contributed by atoms with Crippen molar-refractivity contribution in [2.45, 2.75) is 19.8 Å². The Morgan fingerprint density at radius 1 is 1.06 bits per heavy atom. The molecular weight excluding hydrogens is 227 g/mol. The van der Waals surface area contributed by atoms with Gasteiger partial charge in [0, 0.05) is 5.69 Å². The molecular formula is C15H17FN2. The van der Waals surface area contributed by atoms with Gasteiger partial charge < -0.3 is 11.1 Å². The molecule has 0 atom stereocenters. The normalized spacial score (nSPS) is 10.7. The number of rotatable bonds is 3. The summed E-state index contributed by atoms with van der Waals surface area (Å²) in [4.78, 5) is 0. The molecule has 3 heteroatoms. The molecule has 94 valence electrons. The molecule has 0 aliphatic carbocycles. The summed E-state index contributed by atoms with van der Waals surface area (Å²) < 4.78 is 13.2. The Kier molecular flexibility index (Phi) is 3.51. The van der Waals surface area contributed by atoms with Gasteiger partial charge in [0.2, 0.25) is 0 Å². The number of hydrogen-bond acceptors (Lipinski definition) is 2. The summed E-state index contributed by atoms with van der Waals surface area (Å²) >= 11 is 0. The highest BCUT2D eigenvalue weighted by atomic mass is 19.1. The molecule has 2 aromatic carbocycles. The standard InChI is InChI=1S/C15H17FN2/c1-10(2)12-5-3-4-6-14(12)18-15-9-11(16)7-8-13(15)17/h3-10,18H,17H2,1-2H3. The van der Waals surface area contributed by atoms with E-state index in [0.717, 1.165) is 5.69 Å². The maximum atomic E-state index is 13.2. The minimum atomic E-state index is -0.297. The molecule has 0 spiro atoms. The Morgan fingerprint density at radius 2 is 1.78 bits per heavy atom. The lowest BCUT2D eigenvalue weighted by Crippen LogP contribution is -2.00.